The van der Waals surface area contributed by atoms with Crippen LogP contribution in [-0.2, 0) is 14.1 Å². The Balaban J connectivity index is 1.94. The molecule has 0 unspecified atom stereocenters. The van der Waals surface area contributed by atoms with Crippen molar-refractivity contribution in [1.82, 2.24) is 14.9 Å². The number of hydrogen-bond donors (Lipinski definition) is 3. The molecule has 0 radical (unpaired) electrons. The maximum absolute atomic E-state index is 12.8. The van der Waals surface area contributed by atoms with E-state index in [0.717, 1.165) is 0 Å². The molecule has 0 saturated carbocycles. The molecule has 11 nitrogen and oxygen atoms in total. The zero-order valence-electron chi connectivity index (χ0n) is 24.0. The van der Waals surface area contributed by atoms with E-state index in [1.807, 2.05) is 43.3 Å². The highest BCUT2D eigenvalue weighted by Gasteiger charge is 2.18. The Morgan fingerprint density at radius 3 is 2.49 bits per heavy atom. The van der Waals surface area contributed by atoms with E-state index >= 15 is 0 Å². The second kappa shape index (κ2) is 14.8. The molecule has 0 aliphatic rings. The van der Waals surface area contributed by atoms with Crippen molar-refractivity contribution in [2.75, 3.05) is 77.4 Å². The second-order valence-electron chi connectivity index (χ2n) is 9.55. The van der Waals surface area contributed by atoms with Crippen molar-refractivity contribution in [3.05, 3.63) is 59.8 Å². The summed E-state index contributed by atoms with van der Waals surface area (Å²) in [7, 11) is 4.34. The van der Waals surface area contributed by atoms with E-state index < -0.39 is 7.14 Å². The predicted molar refractivity (Wildman–Crippen MR) is 166 cm³/mol. The van der Waals surface area contributed by atoms with Crippen molar-refractivity contribution in [3.63, 3.8) is 0 Å². The Hall–Kier alpha value is -3.63. The Kier molecular flexibility index (Phi) is 11.5. The maximum Gasteiger partial charge on any atom is 0.248 e. The third-order valence-corrected chi connectivity index (χ3v) is 7.40. The summed E-state index contributed by atoms with van der Waals surface area (Å²) < 4.78 is 29.3. The number of aromatic nitrogens is 2. The third kappa shape index (κ3) is 9.47. The van der Waals surface area contributed by atoms with Crippen LogP contribution in [0.2, 0.25) is 5.02 Å². The van der Waals surface area contributed by atoms with E-state index in [0.29, 0.717) is 52.8 Å². The molecule has 1 amide bonds. The molecule has 0 aliphatic carbocycles. The van der Waals surface area contributed by atoms with Crippen LogP contribution in [0, 0.1) is 0 Å². The number of nitrogens with zero attached hydrogens (tertiary/aromatic N) is 3. The van der Waals surface area contributed by atoms with Gasteiger partial charge in [0.25, 0.3) is 0 Å². The lowest BCUT2D eigenvalue weighted by Crippen LogP contribution is -2.14. The minimum Gasteiger partial charge on any atom is -0.494 e. The second-order valence-corrected chi connectivity index (χ2v) is 13.1. The molecule has 0 atom stereocenters. The van der Waals surface area contributed by atoms with Crippen LogP contribution in [0.5, 0.6) is 11.5 Å². The minimum atomic E-state index is -2.57. The molecule has 1 heterocycles. The number of halogens is 1. The van der Waals surface area contributed by atoms with E-state index in [2.05, 4.69) is 25.9 Å². The van der Waals surface area contributed by atoms with Crippen LogP contribution >= 0.6 is 18.7 Å². The standard InChI is InChI=1S/C28H36ClN6O5P/c1-35(2)13-9-12-26(36)31-22-16-21(23(39-4)17-24(22)40-15-14-38-3)33-28-30-18-19(29)27(34-28)32-20-10-7-8-11-25(20)41(5,6)37/h7-12,16-18H,13-15H2,1-6H3,(H,31,36)(H2,30,32,33,34)/b12-9+. The summed E-state index contributed by atoms with van der Waals surface area (Å²) in [6, 6.07) is 10.6. The fourth-order valence-corrected chi connectivity index (χ4v) is 4.93. The topological polar surface area (TPSA) is 127 Å². The van der Waals surface area contributed by atoms with Gasteiger partial charge in [-0.25, -0.2) is 4.98 Å². The van der Waals surface area contributed by atoms with E-state index in [1.165, 1.54) is 19.4 Å². The summed E-state index contributed by atoms with van der Waals surface area (Å²) in [4.78, 5) is 23.4. The molecule has 220 valence electrons. The molecular weight excluding hydrogens is 567 g/mol. The molecule has 0 spiro atoms. The number of benzene rings is 2. The SMILES string of the molecule is COCCOc1cc(OC)c(Nc2ncc(Cl)c(Nc3ccccc3P(C)(C)=O)n2)cc1NC(=O)/C=C/CN(C)C. The van der Waals surface area contributed by atoms with Crippen LogP contribution in [0.4, 0.5) is 28.8 Å². The van der Waals surface area contributed by atoms with Crippen molar-refractivity contribution in [3.8, 4) is 11.5 Å². The van der Waals surface area contributed by atoms with Crippen LogP contribution in [-0.4, -0.2) is 82.2 Å². The molecule has 2 aromatic carbocycles. The third-order valence-electron chi connectivity index (χ3n) is 5.57. The van der Waals surface area contributed by atoms with Gasteiger partial charge < -0.3 is 39.6 Å². The molecule has 3 aromatic rings. The number of ether oxygens (including phenoxy) is 3. The summed E-state index contributed by atoms with van der Waals surface area (Å²) >= 11 is 6.41. The average Bonchev–Trinajstić information content (AvgIpc) is 2.91. The summed E-state index contributed by atoms with van der Waals surface area (Å²) in [5.41, 5.74) is 1.51. The van der Waals surface area contributed by atoms with Gasteiger partial charge in [-0.15, -0.1) is 0 Å². The van der Waals surface area contributed by atoms with Crippen molar-refractivity contribution in [2.24, 2.45) is 0 Å². The predicted octanol–water partition coefficient (Wildman–Crippen LogP) is 4.96. The number of hydrogen-bond acceptors (Lipinski definition) is 10. The number of methoxy groups -OCH3 is 2. The largest absolute Gasteiger partial charge is 0.494 e. The summed E-state index contributed by atoms with van der Waals surface area (Å²) in [6.45, 7) is 4.65. The molecule has 0 bridgehead atoms. The minimum absolute atomic E-state index is 0.208. The van der Waals surface area contributed by atoms with Gasteiger partial charge in [-0.1, -0.05) is 29.8 Å². The fourth-order valence-electron chi connectivity index (χ4n) is 3.64. The van der Waals surface area contributed by atoms with Gasteiger partial charge in [-0.3, -0.25) is 4.79 Å². The smallest absolute Gasteiger partial charge is 0.248 e. The monoisotopic (exact) mass is 602 g/mol. The quantitative estimate of drug-likeness (QED) is 0.132. The van der Waals surface area contributed by atoms with Crippen molar-refractivity contribution in [2.45, 2.75) is 0 Å². The van der Waals surface area contributed by atoms with Crippen LogP contribution in [0.1, 0.15) is 0 Å². The number of likely N-dealkylation sites (N-methyl/N-ethyl adjacent to an activating group) is 1. The van der Waals surface area contributed by atoms with E-state index in [-0.39, 0.29) is 23.5 Å². The Bertz CT molecular complexity index is 1430. The number of para-hydroxylation sites is 1. The van der Waals surface area contributed by atoms with Crippen LogP contribution < -0.4 is 30.7 Å². The number of amides is 1. The van der Waals surface area contributed by atoms with Crippen LogP contribution in [0.15, 0.2) is 54.7 Å². The van der Waals surface area contributed by atoms with E-state index in [4.69, 9.17) is 25.8 Å². The van der Waals surface area contributed by atoms with Crippen molar-refractivity contribution in [1.29, 1.82) is 0 Å². The number of carbonyl (C=O) groups is 1. The normalized spacial score (nSPS) is 11.5. The van der Waals surface area contributed by atoms with Crippen LogP contribution in [0.3, 0.4) is 0 Å². The number of rotatable bonds is 14. The fraction of sp³-hybridized carbons (Fsp3) is 0.321. The molecule has 0 aliphatic heterocycles. The maximum atomic E-state index is 12.8. The first-order valence-electron chi connectivity index (χ1n) is 12.7. The van der Waals surface area contributed by atoms with Crippen molar-refractivity contribution < 1.29 is 23.6 Å². The van der Waals surface area contributed by atoms with E-state index in [9.17, 15) is 9.36 Å². The Morgan fingerprint density at radius 1 is 1.05 bits per heavy atom. The van der Waals surface area contributed by atoms with Gasteiger partial charge in [0, 0.05) is 31.1 Å². The first kappa shape index (κ1) is 31.9. The molecule has 1 aromatic heterocycles. The highest BCUT2D eigenvalue weighted by Crippen LogP contribution is 2.40. The van der Waals surface area contributed by atoms with Crippen LogP contribution in [0.25, 0.3) is 0 Å². The zero-order valence-corrected chi connectivity index (χ0v) is 25.7. The van der Waals surface area contributed by atoms with Gasteiger partial charge in [0.05, 0.1) is 37.0 Å². The van der Waals surface area contributed by atoms with Crippen molar-refractivity contribution >= 4 is 58.8 Å². The number of anilines is 5. The Labute approximate surface area is 245 Å². The molecular formula is C28H36ClN6O5P. The molecule has 0 fully saturated rings. The molecule has 13 heteroatoms. The average molecular weight is 603 g/mol. The number of nitrogens with one attached hydrogen (secondary N) is 3. The lowest BCUT2D eigenvalue weighted by Gasteiger charge is -2.18. The zero-order chi connectivity index (χ0) is 30.0. The Morgan fingerprint density at radius 2 is 1.80 bits per heavy atom. The van der Waals surface area contributed by atoms with Gasteiger partial charge in [0.15, 0.2) is 5.82 Å². The molecule has 3 N–H and O–H groups in total. The first-order valence-corrected chi connectivity index (χ1v) is 15.7. The van der Waals surface area contributed by atoms with Gasteiger partial charge >= 0.3 is 0 Å². The van der Waals surface area contributed by atoms with Gasteiger partial charge in [0.2, 0.25) is 11.9 Å². The first-order chi connectivity index (χ1) is 19.5. The summed E-state index contributed by atoms with van der Waals surface area (Å²) in [5, 5.41) is 10.1. The van der Waals surface area contributed by atoms with Gasteiger partial charge in [-0.05, 0) is 45.6 Å². The summed E-state index contributed by atoms with van der Waals surface area (Å²) in [6.07, 6.45) is 4.67. The molecule has 3 rings (SSSR count). The lowest BCUT2D eigenvalue weighted by atomic mass is 10.2. The summed E-state index contributed by atoms with van der Waals surface area (Å²) in [5.74, 6) is 1.04. The highest BCUT2D eigenvalue weighted by molar-refractivity contribution is 7.70. The highest BCUT2D eigenvalue weighted by atomic mass is 35.5. The van der Waals surface area contributed by atoms with E-state index in [1.54, 1.807) is 38.6 Å². The molecule has 41 heavy (non-hydrogen) atoms. The van der Waals surface area contributed by atoms with Gasteiger partial charge in [-0.2, -0.15) is 4.98 Å². The van der Waals surface area contributed by atoms with Gasteiger partial charge in [0.1, 0.15) is 30.3 Å². The number of carbonyl (C=O) groups excluding carboxylic acids is 1. The lowest BCUT2D eigenvalue weighted by molar-refractivity contribution is -0.111. The molecule has 0 saturated heterocycles.